The molecule has 0 unspecified atom stereocenters. The van der Waals surface area contributed by atoms with Crippen LogP contribution in [0.25, 0.3) is 0 Å². The number of benzene rings is 1. The molecule has 1 aromatic carbocycles. The second-order valence-electron chi connectivity index (χ2n) is 3.27. The van der Waals surface area contributed by atoms with Gasteiger partial charge in [-0.1, -0.05) is 11.6 Å². The summed E-state index contributed by atoms with van der Waals surface area (Å²) in [5.41, 5.74) is 5.56. The van der Waals surface area contributed by atoms with E-state index in [4.69, 9.17) is 17.3 Å². The molecule has 5 heteroatoms. The van der Waals surface area contributed by atoms with Crippen molar-refractivity contribution in [2.45, 2.75) is 13.0 Å². The van der Waals surface area contributed by atoms with E-state index in [1.54, 1.807) is 13.0 Å². The number of halogens is 1. The van der Waals surface area contributed by atoms with Crippen LogP contribution >= 0.6 is 11.6 Å². The lowest BCUT2D eigenvalue weighted by Crippen LogP contribution is -2.37. The molecule has 1 amide bonds. The maximum absolute atomic E-state index is 11.6. The molecule has 4 nitrogen and oxygen atoms in total. The number of hydrogen-bond acceptors (Lipinski definition) is 3. The summed E-state index contributed by atoms with van der Waals surface area (Å²) in [7, 11) is 0. The van der Waals surface area contributed by atoms with E-state index >= 15 is 0 Å². The van der Waals surface area contributed by atoms with Crippen LogP contribution in [0.4, 0.5) is 0 Å². The predicted octanol–water partition coefficient (Wildman–Crippen LogP) is 1.12. The third-order valence-electron chi connectivity index (χ3n) is 1.94. The van der Waals surface area contributed by atoms with E-state index < -0.39 is 0 Å². The van der Waals surface area contributed by atoms with Crippen LogP contribution in [0.15, 0.2) is 18.2 Å². The number of amides is 1. The number of rotatable bonds is 3. The van der Waals surface area contributed by atoms with Crippen molar-refractivity contribution in [3.8, 4) is 5.75 Å². The van der Waals surface area contributed by atoms with E-state index in [1.807, 2.05) is 0 Å². The van der Waals surface area contributed by atoms with Gasteiger partial charge in [0.05, 0.1) is 5.56 Å². The molecule has 15 heavy (non-hydrogen) atoms. The summed E-state index contributed by atoms with van der Waals surface area (Å²) in [6.07, 6.45) is 0. The molecule has 0 radical (unpaired) electrons. The van der Waals surface area contributed by atoms with Crippen molar-refractivity contribution in [1.82, 2.24) is 5.32 Å². The van der Waals surface area contributed by atoms with Crippen molar-refractivity contribution in [2.75, 3.05) is 6.54 Å². The quantitative estimate of drug-likeness (QED) is 0.726. The van der Waals surface area contributed by atoms with Gasteiger partial charge in [0.2, 0.25) is 0 Å². The molecule has 0 heterocycles. The van der Waals surface area contributed by atoms with Gasteiger partial charge in [-0.3, -0.25) is 4.79 Å². The van der Waals surface area contributed by atoms with Crippen LogP contribution in [-0.4, -0.2) is 23.6 Å². The van der Waals surface area contributed by atoms with E-state index in [1.165, 1.54) is 12.1 Å². The van der Waals surface area contributed by atoms with Gasteiger partial charge in [0.1, 0.15) is 5.75 Å². The Morgan fingerprint density at radius 2 is 2.33 bits per heavy atom. The Morgan fingerprint density at radius 1 is 1.67 bits per heavy atom. The summed E-state index contributed by atoms with van der Waals surface area (Å²) >= 11 is 5.64. The average molecular weight is 229 g/mol. The number of aromatic hydroxyl groups is 1. The Balaban J connectivity index is 2.82. The second-order valence-corrected chi connectivity index (χ2v) is 3.71. The summed E-state index contributed by atoms with van der Waals surface area (Å²) in [5.74, 6) is -0.494. The number of phenols is 1. The standard InChI is InChI=1S/C10H13ClN2O2/c1-6(5-12)13-10(15)8-3-2-7(11)4-9(8)14/h2-4,6,14H,5,12H2,1H3,(H,13,15)/t6-/m1/s1. The highest BCUT2D eigenvalue weighted by molar-refractivity contribution is 6.30. The molecule has 0 aliphatic rings. The Hall–Kier alpha value is -1.26. The van der Waals surface area contributed by atoms with Gasteiger partial charge in [0, 0.05) is 17.6 Å². The van der Waals surface area contributed by atoms with Gasteiger partial charge in [-0.15, -0.1) is 0 Å². The highest BCUT2D eigenvalue weighted by atomic mass is 35.5. The number of nitrogens with one attached hydrogen (secondary N) is 1. The second kappa shape index (κ2) is 5.00. The molecule has 0 fully saturated rings. The molecule has 0 saturated heterocycles. The molecule has 82 valence electrons. The average Bonchev–Trinajstić information content (AvgIpc) is 2.17. The summed E-state index contributed by atoms with van der Waals surface area (Å²) < 4.78 is 0. The van der Waals surface area contributed by atoms with Gasteiger partial charge in [-0.25, -0.2) is 0 Å². The Bertz CT molecular complexity index is 368. The lowest BCUT2D eigenvalue weighted by atomic mass is 10.2. The minimum absolute atomic E-state index is 0.132. The lowest BCUT2D eigenvalue weighted by Gasteiger charge is -2.11. The van der Waals surface area contributed by atoms with E-state index in [-0.39, 0.29) is 23.3 Å². The zero-order valence-corrected chi connectivity index (χ0v) is 9.08. The molecule has 0 spiro atoms. The van der Waals surface area contributed by atoms with Crippen molar-refractivity contribution >= 4 is 17.5 Å². The number of phenolic OH excluding ortho intramolecular Hbond substituents is 1. The van der Waals surface area contributed by atoms with Crippen molar-refractivity contribution in [3.63, 3.8) is 0 Å². The molecule has 0 aliphatic heterocycles. The molecular formula is C10H13ClN2O2. The van der Waals surface area contributed by atoms with E-state index in [0.717, 1.165) is 0 Å². The van der Waals surface area contributed by atoms with Gasteiger partial charge < -0.3 is 16.2 Å². The fourth-order valence-electron chi connectivity index (χ4n) is 1.06. The van der Waals surface area contributed by atoms with Crippen molar-refractivity contribution in [1.29, 1.82) is 0 Å². The first-order valence-corrected chi connectivity index (χ1v) is 4.92. The minimum atomic E-state index is -0.359. The largest absolute Gasteiger partial charge is 0.507 e. The molecule has 0 aliphatic carbocycles. The molecule has 0 saturated carbocycles. The molecule has 0 bridgehead atoms. The van der Waals surface area contributed by atoms with Gasteiger partial charge in [-0.05, 0) is 25.1 Å². The summed E-state index contributed by atoms with van der Waals surface area (Å²) in [5, 5.41) is 12.5. The Morgan fingerprint density at radius 3 is 2.87 bits per heavy atom. The smallest absolute Gasteiger partial charge is 0.255 e. The minimum Gasteiger partial charge on any atom is -0.507 e. The van der Waals surface area contributed by atoms with Crippen LogP contribution in [0.1, 0.15) is 17.3 Å². The Kier molecular flexibility index (Phi) is 3.94. The maximum Gasteiger partial charge on any atom is 0.255 e. The third-order valence-corrected chi connectivity index (χ3v) is 2.17. The number of nitrogens with two attached hydrogens (primary N) is 1. The number of hydrogen-bond donors (Lipinski definition) is 3. The van der Waals surface area contributed by atoms with Crippen LogP contribution in [0, 0.1) is 0 Å². The fourth-order valence-corrected chi connectivity index (χ4v) is 1.22. The highest BCUT2D eigenvalue weighted by Crippen LogP contribution is 2.21. The van der Waals surface area contributed by atoms with Crippen LogP contribution in [0.2, 0.25) is 5.02 Å². The summed E-state index contributed by atoms with van der Waals surface area (Å²) in [6.45, 7) is 2.13. The summed E-state index contributed by atoms with van der Waals surface area (Å²) in [6, 6.07) is 4.20. The first kappa shape index (κ1) is 11.8. The summed E-state index contributed by atoms with van der Waals surface area (Å²) in [4.78, 5) is 11.6. The predicted molar refractivity (Wildman–Crippen MR) is 59.1 cm³/mol. The lowest BCUT2D eigenvalue weighted by molar-refractivity contribution is 0.0938. The monoisotopic (exact) mass is 228 g/mol. The van der Waals surface area contributed by atoms with Gasteiger partial charge in [0.25, 0.3) is 5.91 Å². The molecule has 0 aromatic heterocycles. The van der Waals surface area contributed by atoms with Crippen molar-refractivity contribution in [3.05, 3.63) is 28.8 Å². The van der Waals surface area contributed by atoms with Crippen LogP contribution in [-0.2, 0) is 0 Å². The van der Waals surface area contributed by atoms with E-state index in [0.29, 0.717) is 11.6 Å². The van der Waals surface area contributed by atoms with Crippen molar-refractivity contribution < 1.29 is 9.90 Å². The Labute approximate surface area is 93.0 Å². The first-order valence-electron chi connectivity index (χ1n) is 4.54. The van der Waals surface area contributed by atoms with Gasteiger partial charge in [-0.2, -0.15) is 0 Å². The highest BCUT2D eigenvalue weighted by Gasteiger charge is 2.12. The maximum atomic E-state index is 11.6. The molecular weight excluding hydrogens is 216 g/mol. The zero-order valence-electron chi connectivity index (χ0n) is 8.33. The van der Waals surface area contributed by atoms with E-state index in [2.05, 4.69) is 5.32 Å². The molecule has 1 aromatic rings. The molecule has 1 rings (SSSR count). The first-order chi connectivity index (χ1) is 7.04. The number of carbonyl (C=O) groups excluding carboxylic acids is 1. The number of carbonyl (C=O) groups is 1. The van der Waals surface area contributed by atoms with E-state index in [9.17, 15) is 9.90 Å². The zero-order chi connectivity index (χ0) is 11.4. The fraction of sp³-hybridized carbons (Fsp3) is 0.300. The molecule has 4 N–H and O–H groups in total. The molecule has 1 atom stereocenters. The van der Waals surface area contributed by atoms with Crippen LogP contribution in [0.5, 0.6) is 5.75 Å². The van der Waals surface area contributed by atoms with Crippen LogP contribution < -0.4 is 11.1 Å². The van der Waals surface area contributed by atoms with Crippen molar-refractivity contribution in [2.24, 2.45) is 5.73 Å². The normalized spacial score (nSPS) is 12.2. The topological polar surface area (TPSA) is 75.3 Å². The third kappa shape index (κ3) is 3.11. The van der Waals surface area contributed by atoms with Crippen LogP contribution in [0.3, 0.4) is 0 Å². The van der Waals surface area contributed by atoms with Gasteiger partial charge >= 0.3 is 0 Å². The SMILES string of the molecule is C[C@H](CN)NC(=O)c1ccc(Cl)cc1O. The van der Waals surface area contributed by atoms with Gasteiger partial charge in [0.15, 0.2) is 0 Å².